The maximum atomic E-state index is 3.25. The number of unbranched alkanes of at least 4 members (excludes halogenated alkanes) is 1. The van der Waals surface area contributed by atoms with E-state index in [0.717, 1.165) is 24.3 Å². The summed E-state index contributed by atoms with van der Waals surface area (Å²) in [6.45, 7) is 7.42. The van der Waals surface area contributed by atoms with Gasteiger partial charge in [0.05, 0.1) is 0 Å². The van der Waals surface area contributed by atoms with Crippen LogP contribution in [0.2, 0.25) is 0 Å². The molecule has 0 amide bonds. The van der Waals surface area contributed by atoms with Gasteiger partial charge in [0.1, 0.15) is 0 Å². The highest BCUT2D eigenvalue weighted by molar-refractivity contribution is 4.97. The smallest absolute Gasteiger partial charge is 0.0183 e. The van der Waals surface area contributed by atoms with Gasteiger partial charge in [-0.25, -0.2) is 0 Å². The molecule has 2 saturated carbocycles. The van der Waals surface area contributed by atoms with Crippen molar-refractivity contribution in [3.63, 3.8) is 0 Å². The molecule has 0 spiro atoms. The first-order valence-corrected chi connectivity index (χ1v) is 8.39. The fourth-order valence-corrected chi connectivity index (χ4v) is 4.79. The van der Waals surface area contributed by atoms with Crippen LogP contribution >= 0.6 is 0 Å². The van der Waals surface area contributed by atoms with E-state index < -0.39 is 0 Å². The summed E-state index contributed by atoms with van der Waals surface area (Å²) >= 11 is 0. The van der Waals surface area contributed by atoms with Gasteiger partial charge < -0.3 is 10.2 Å². The van der Waals surface area contributed by atoms with Crippen molar-refractivity contribution in [1.82, 2.24) is 10.2 Å². The minimum atomic E-state index is 0.480. The van der Waals surface area contributed by atoms with Crippen LogP contribution in [0.25, 0.3) is 0 Å². The second-order valence-electron chi connectivity index (χ2n) is 7.68. The van der Waals surface area contributed by atoms with Crippen molar-refractivity contribution in [2.45, 2.75) is 64.3 Å². The van der Waals surface area contributed by atoms with Crippen molar-refractivity contribution < 1.29 is 0 Å². The average molecular weight is 266 g/mol. The summed E-state index contributed by atoms with van der Waals surface area (Å²) in [5.41, 5.74) is 0.480. The number of nitrogens with one attached hydrogen (secondary N) is 1. The zero-order valence-corrected chi connectivity index (χ0v) is 13.5. The molecule has 0 aliphatic heterocycles. The van der Waals surface area contributed by atoms with Gasteiger partial charge in [0.15, 0.2) is 0 Å². The molecule has 0 radical (unpaired) electrons. The topological polar surface area (TPSA) is 15.3 Å². The average Bonchev–Trinajstić information content (AvgIpc) is 2.32. The lowest BCUT2D eigenvalue weighted by Gasteiger charge is -2.51. The van der Waals surface area contributed by atoms with Gasteiger partial charge >= 0.3 is 0 Å². The molecule has 2 fully saturated rings. The van der Waals surface area contributed by atoms with E-state index in [1.807, 2.05) is 0 Å². The third kappa shape index (κ3) is 3.95. The fraction of sp³-hybridized carbons (Fsp3) is 1.00. The van der Waals surface area contributed by atoms with E-state index in [1.165, 1.54) is 51.5 Å². The van der Waals surface area contributed by atoms with E-state index in [2.05, 4.69) is 38.2 Å². The Labute approximate surface area is 120 Å². The van der Waals surface area contributed by atoms with Gasteiger partial charge in [-0.15, -0.1) is 0 Å². The summed E-state index contributed by atoms with van der Waals surface area (Å²) in [5, 5.41) is 3.25. The minimum Gasteiger partial charge on any atom is -0.320 e. The molecule has 2 nitrogen and oxygen atoms in total. The van der Waals surface area contributed by atoms with Crippen molar-refractivity contribution >= 4 is 0 Å². The van der Waals surface area contributed by atoms with E-state index in [9.17, 15) is 0 Å². The number of hydrogen-bond donors (Lipinski definition) is 1. The van der Waals surface area contributed by atoms with Crippen molar-refractivity contribution in [2.24, 2.45) is 17.8 Å². The molecule has 2 aliphatic carbocycles. The predicted octanol–water partition coefficient (Wildman–Crippen LogP) is 3.52. The molecule has 2 rings (SSSR count). The Balaban J connectivity index is 1.84. The SMILES string of the molecule is CNCCCCN(C)C1(C)CC2CC(C)CC(C2)C1. The molecule has 1 N–H and O–H groups in total. The van der Waals surface area contributed by atoms with Crippen LogP contribution in [0.5, 0.6) is 0 Å². The van der Waals surface area contributed by atoms with Crippen molar-refractivity contribution in [3.05, 3.63) is 0 Å². The van der Waals surface area contributed by atoms with Crippen LogP contribution in [0.15, 0.2) is 0 Å². The number of nitrogens with zero attached hydrogens (tertiary/aromatic N) is 1. The maximum Gasteiger partial charge on any atom is 0.0183 e. The fourth-order valence-electron chi connectivity index (χ4n) is 4.79. The van der Waals surface area contributed by atoms with Gasteiger partial charge in [-0.3, -0.25) is 0 Å². The van der Waals surface area contributed by atoms with Crippen LogP contribution < -0.4 is 5.32 Å². The Kier molecular flexibility index (Phi) is 5.30. The van der Waals surface area contributed by atoms with E-state index in [0.29, 0.717) is 5.54 Å². The van der Waals surface area contributed by atoms with E-state index in [4.69, 9.17) is 0 Å². The molecule has 0 saturated heterocycles. The zero-order valence-electron chi connectivity index (χ0n) is 13.5. The molecule has 0 aromatic rings. The highest BCUT2D eigenvalue weighted by atomic mass is 15.2. The van der Waals surface area contributed by atoms with Crippen molar-refractivity contribution in [2.75, 3.05) is 27.2 Å². The third-order valence-corrected chi connectivity index (χ3v) is 5.69. The molecule has 0 aromatic heterocycles. The summed E-state index contributed by atoms with van der Waals surface area (Å²) in [7, 11) is 4.42. The van der Waals surface area contributed by atoms with Gasteiger partial charge in [0.25, 0.3) is 0 Å². The first-order chi connectivity index (χ1) is 9.03. The molecule has 112 valence electrons. The second-order valence-corrected chi connectivity index (χ2v) is 7.68. The summed E-state index contributed by atoms with van der Waals surface area (Å²) < 4.78 is 0. The van der Waals surface area contributed by atoms with Crippen molar-refractivity contribution in [3.8, 4) is 0 Å². The van der Waals surface area contributed by atoms with Gasteiger partial charge in [0, 0.05) is 5.54 Å². The van der Waals surface area contributed by atoms with Crippen LogP contribution in [0, 0.1) is 17.8 Å². The molecule has 2 atom stereocenters. The van der Waals surface area contributed by atoms with E-state index >= 15 is 0 Å². The van der Waals surface area contributed by atoms with Gasteiger partial charge in [-0.1, -0.05) is 6.92 Å². The number of hydrogen-bond acceptors (Lipinski definition) is 2. The highest BCUT2D eigenvalue weighted by Gasteiger charge is 2.42. The Morgan fingerprint density at radius 3 is 2.32 bits per heavy atom. The zero-order chi connectivity index (χ0) is 13.9. The highest BCUT2D eigenvalue weighted by Crippen LogP contribution is 2.48. The Bertz CT molecular complexity index is 258. The predicted molar refractivity (Wildman–Crippen MR) is 83.4 cm³/mol. The maximum absolute atomic E-state index is 3.25. The first-order valence-electron chi connectivity index (χ1n) is 8.39. The number of fused-ring (bicyclic) bond motifs is 2. The molecular weight excluding hydrogens is 232 g/mol. The Hall–Kier alpha value is -0.0800. The molecule has 0 heterocycles. The molecule has 2 heteroatoms. The van der Waals surface area contributed by atoms with Crippen molar-refractivity contribution in [1.29, 1.82) is 0 Å². The monoisotopic (exact) mass is 266 g/mol. The largest absolute Gasteiger partial charge is 0.320 e. The van der Waals surface area contributed by atoms with Crippen LogP contribution in [0.3, 0.4) is 0 Å². The van der Waals surface area contributed by atoms with Gasteiger partial charge in [-0.05, 0) is 96.8 Å². The minimum absolute atomic E-state index is 0.480. The Morgan fingerprint density at radius 2 is 1.74 bits per heavy atom. The standard InChI is InChI=1S/C17H34N2/c1-14-9-15-11-16(10-14)13-17(2,12-15)19(4)8-6-5-7-18-3/h14-16,18H,5-13H2,1-4H3. The van der Waals surface area contributed by atoms with E-state index in [1.54, 1.807) is 0 Å². The molecule has 19 heavy (non-hydrogen) atoms. The molecule has 2 bridgehead atoms. The lowest BCUT2D eigenvalue weighted by Crippen LogP contribution is -2.51. The second kappa shape index (κ2) is 6.58. The van der Waals surface area contributed by atoms with E-state index in [-0.39, 0.29) is 0 Å². The lowest BCUT2D eigenvalue weighted by atomic mass is 9.62. The van der Waals surface area contributed by atoms with Crippen LogP contribution in [0.4, 0.5) is 0 Å². The lowest BCUT2D eigenvalue weighted by molar-refractivity contribution is 0.00348. The summed E-state index contributed by atoms with van der Waals surface area (Å²) in [6, 6.07) is 0. The van der Waals surface area contributed by atoms with Crippen LogP contribution in [0.1, 0.15) is 58.8 Å². The first kappa shape index (κ1) is 15.3. The normalized spacial score (nSPS) is 38.7. The quantitative estimate of drug-likeness (QED) is 0.740. The molecule has 2 aliphatic rings. The summed E-state index contributed by atoms with van der Waals surface area (Å²) in [5.74, 6) is 2.99. The third-order valence-electron chi connectivity index (χ3n) is 5.69. The van der Waals surface area contributed by atoms with Crippen LogP contribution in [-0.2, 0) is 0 Å². The van der Waals surface area contributed by atoms with Crippen LogP contribution in [-0.4, -0.2) is 37.6 Å². The van der Waals surface area contributed by atoms with Gasteiger partial charge in [-0.2, -0.15) is 0 Å². The molecule has 2 unspecified atom stereocenters. The summed E-state index contributed by atoms with van der Waals surface area (Å²) in [6.07, 6.45) is 10.0. The van der Waals surface area contributed by atoms with Gasteiger partial charge in [0.2, 0.25) is 0 Å². The molecule has 0 aromatic carbocycles. The number of rotatable bonds is 6. The summed E-state index contributed by atoms with van der Waals surface area (Å²) in [4.78, 5) is 2.68. The molecular formula is C17H34N2. The Morgan fingerprint density at radius 1 is 1.11 bits per heavy atom.